The van der Waals surface area contributed by atoms with Crippen LogP contribution in [-0.4, -0.2) is 0 Å². The molecule has 5 aliphatic carbocycles. The Morgan fingerprint density at radius 1 is 0.393 bits per heavy atom. The molecule has 2 aromatic heterocycles. The molecule has 3 nitrogen and oxygen atoms in total. The molecule has 1 spiro atoms. The van der Waals surface area contributed by atoms with Crippen LogP contribution < -0.4 is 4.90 Å². The first-order valence-electron chi connectivity index (χ1n) is 22.2. The van der Waals surface area contributed by atoms with Crippen molar-refractivity contribution in [3.63, 3.8) is 0 Å². The van der Waals surface area contributed by atoms with Gasteiger partial charge in [0.05, 0.1) is 5.69 Å². The lowest BCUT2D eigenvalue weighted by Crippen LogP contribution is -2.55. The van der Waals surface area contributed by atoms with Crippen molar-refractivity contribution in [3.8, 4) is 33.4 Å². The minimum absolute atomic E-state index is 0.180. The Bertz CT molecular complexity index is 3360. The minimum Gasteiger partial charge on any atom is -0.456 e. The molecule has 0 saturated heterocycles. The maximum Gasteiger partial charge on any atom is 0.159 e. The molecule has 292 valence electrons. The Balaban J connectivity index is 0.909. The molecule has 0 radical (unpaired) electrons. The first-order valence-corrected chi connectivity index (χ1v) is 22.2. The quantitative estimate of drug-likeness (QED) is 0.174. The van der Waals surface area contributed by atoms with Gasteiger partial charge in [0.25, 0.3) is 0 Å². The Kier molecular flexibility index (Phi) is 7.01. The molecule has 0 N–H and O–H groups in total. The Morgan fingerprint density at radius 2 is 1.00 bits per heavy atom. The van der Waals surface area contributed by atoms with Crippen LogP contribution in [0.25, 0.3) is 77.3 Å². The average molecular weight is 786 g/mol. The van der Waals surface area contributed by atoms with Crippen LogP contribution in [0.15, 0.2) is 185 Å². The van der Waals surface area contributed by atoms with Gasteiger partial charge < -0.3 is 13.7 Å². The van der Waals surface area contributed by atoms with Gasteiger partial charge in [-0.2, -0.15) is 0 Å². The van der Waals surface area contributed by atoms with Crippen molar-refractivity contribution in [2.75, 3.05) is 4.90 Å². The van der Waals surface area contributed by atoms with Gasteiger partial charge in [-0.3, -0.25) is 0 Å². The summed E-state index contributed by atoms with van der Waals surface area (Å²) in [7, 11) is 0. The van der Waals surface area contributed by atoms with E-state index in [0.29, 0.717) is 0 Å². The third-order valence-corrected chi connectivity index (χ3v) is 15.5. The van der Waals surface area contributed by atoms with Gasteiger partial charge in [0.15, 0.2) is 5.58 Å². The molecule has 10 aromatic rings. The molecule has 0 aliphatic heterocycles. The van der Waals surface area contributed by atoms with Crippen LogP contribution in [0.3, 0.4) is 0 Å². The summed E-state index contributed by atoms with van der Waals surface area (Å²) in [5.74, 6) is 3.40. The van der Waals surface area contributed by atoms with E-state index in [2.05, 4.69) is 175 Å². The van der Waals surface area contributed by atoms with Crippen molar-refractivity contribution in [2.24, 2.45) is 23.7 Å². The van der Waals surface area contributed by atoms with E-state index in [1.165, 1.54) is 65.5 Å². The van der Waals surface area contributed by atoms with Gasteiger partial charge in [-0.1, -0.05) is 115 Å². The van der Waals surface area contributed by atoms with Crippen molar-refractivity contribution in [1.82, 2.24) is 0 Å². The smallest absolute Gasteiger partial charge is 0.159 e. The largest absolute Gasteiger partial charge is 0.456 e. The molecule has 4 fully saturated rings. The van der Waals surface area contributed by atoms with E-state index in [1.807, 2.05) is 6.07 Å². The second-order valence-electron chi connectivity index (χ2n) is 18.5. The first-order chi connectivity index (χ1) is 30.2. The van der Waals surface area contributed by atoms with E-state index in [1.54, 1.807) is 11.1 Å². The molecule has 8 aromatic carbocycles. The fourth-order valence-corrected chi connectivity index (χ4v) is 13.2. The summed E-state index contributed by atoms with van der Waals surface area (Å²) in [6.07, 6.45) is 7.08. The molecule has 4 bridgehead atoms. The lowest BCUT2D eigenvalue weighted by molar-refractivity contribution is -0.0399. The van der Waals surface area contributed by atoms with Crippen molar-refractivity contribution in [3.05, 3.63) is 187 Å². The Morgan fingerprint density at radius 3 is 1.84 bits per heavy atom. The molecule has 0 atom stereocenters. The molecular weight excluding hydrogens is 743 g/mol. The molecule has 0 unspecified atom stereocenters. The summed E-state index contributed by atoms with van der Waals surface area (Å²) in [6.45, 7) is 0. The van der Waals surface area contributed by atoms with Gasteiger partial charge in [-0.05, 0) is 161 Å². The van der Waals surface area contributed by atoms with Crippen LogP contribution in [0.1, 0.15) is 43.2 Å². The first kappa shape index (κ1) is 33.9. The molecule has 0 amide bonds. The zero-order valence-corrected chi connectivity index (χ0v) is 33.9. The number of fused-ring (bicyclic) bond motifs is 9. The Hall–Kier alpha value is -6.84. The second kappa shape index (κ2) is 12.6. The zero-order valence-electron chi connectivity index (χ0n) is 33.9. The third-order valence-electron chi connectivity index (χ3n) is 15.5. The molecule has 4 saturated carbocycles. The van der Waals surface area contributed by atoms with Gasteiger partial charge in [0.1, 0.15) is 16.7 Å². The lowest BCUT2D eigenvalue weighted by atomic mass is 9.43. The van der Waals surface area contributed by atoms with E-state index >= 15 is 0 Å². The summed E-state index contributed by atoms with van der Waals surface area (Å²) >= 11 is 0. The second-order valence-corrected chi connectivity index (χ2v) is 18.5. The van der Waals surface area contributed by atoms with Crippen LogP contribution in [0.5, 0.6) is 0 Å². The number of para-hydroxylation sites is 2. The minimum atomic E-state index is 0.180. The van der Waals surface area contributed by atoms with E-state index < -0.39 is 0 Å². The summed E-state index contributed by atoms with van der Waals surface area (Å²) in [4.78, 5) is 2.33. The highest BCUT2D eigenvalue weighted by molar-refractivity contribution is 6.12. The van der Waals surface area contributed by atoms with Crippen molar-refractivity contribution < 1.29 is 8.83 Å². The summed E-state index contributed by atoms with van der Waals surface area (Å²) < 4.78 is 13.2. The number of rotatable bonds is 5. The molecule has 61 heavy (non-hydrogen) atoms. The highest BCUT2D eigenvalue weighted by Crippen LogP contribution is 2.69. The number of anilines is 3. The summed E-state index contributed by atoms with van der Waals surface area (Å²) in [5, 5.41) is 4.43. The number of benzene rings is 8. The standard InChI is InChI=1S/C58H43NO2/c1-2-9-37(10-3-1)38-17-21-43(22-18-38)59(53-15-8-13-47-46-12-5-7-16-54(46)61-57(47)53)44-23-26-56-50(34-44)49-33-40(20-25-55(49)60-56)39-19-24-52-48(32-39)45-11-4-6-14-51(45)58(52)41-28-35-27-36(30-41)31-42(58)29-35/h1-26,32-36,41-42H,27-31H2. The maximum atomic E-state index is 6.67. The van der Waals surface area contributed by atoms with Gasteiger partial charge in [0, 0.05) is 38.3 Å². The predicted octanol–water partition coefficient (Wildman–Crippen LogP) is 16.0. The molecule has 3 heteroatoms. The van der Waals surface area contributed by atoms with E-state index in [-0.39, 0.29) is 5.41 Å². The molecule has 2 heterocycles. The number of furan rings is 2. The van der Waals surface area contributed by atoms with Gasteiger partial charge in [-0.15, -0.1) is 0 Å². The van der Waals surface area contributed by atoms with Gasteiger partial charge in [0.2, 0.25) is 0 Å². The number of hydrogen-bond donors (Lipinski definition) is 0. The van der Waals surface area contributed by atoms with Crippen molar-refractivity contribution >= 4 is 60.9 Å². The monoisotopic (exact) mass is 785 g/mol. The molecular formula is C58H43NO2. The topological polar surface area (TPSA) is 29.5 Å². The van der Waals surface area contributed by atoms with Crippen LogP contribution in [0.2, 0.25) is 0 Å². The summed E-state index contributed by atoms with van der Waals surface area (Å²) in [5.41, 5.74) is 17.8. The average Bonchev–Trinajstić information content (AvgIpc) is 3.97. The van der Waals surface area contributed by atoms with Crippen LogP contribution in [0.4, 0.5) is 17.1 Å². The van der Waals surface area contributed by atoms with Crippen LogP contribution in [-0.2, 0) is 5.41 Å². The van der Waals surface area contributed by atoms with E-state index in [0.717, 1.165) is 84.6 Å². The normalized spacial score (nSPS) is 22.2. The van der Waals surface area contributed by atoms with Crippen molar-refractivity contribution in [1.29, 1.82) is 0 Å². The third kappa shape index (κ3) is 4.81. The molecule has 15 rings (SSSR count). The lowest BCUT2D eigenvalue weighted by Gasteiger charge is -2.61. The van der Waals surface area contributed by atoms with Crippen LogP contribution >= 0.6 is 0 Å². The highest BCUT2D eigenvalue weighted by Gasteiger charge is 2.61. The summed E-state index contributed by atoms with van der Waals surface area (Å²) in [6, 6.07) is 64.5. The number of hydrogen-bond acceptors (Lipinski definition) is 3. The number of nitrogens with zero attached hydrogens (tertiary/aromatic N) is 1. The Labute approximate surface area is 354 Å². The maximum absolute atomic E-state index is 6.67. The highest BCUT2D eigenvalue weighted by atomic mass is 16.3. The van der Waals surface area contributed by atoms with Crippen LogP contribution in [0, 0.1) is 23.7 Å². The van der Waals surface area contributed by atoms with Gasteiger partial charge >= 0.3 is 0 Å². The SMILES string of the molecule is c1ccc(-c2ccc(N(c3ccc4oc5ccc(-c6ccc7c(c6)-c6ccccc6C76C7CC8CC(C7)CC6C8)cc5c4c3)c3cccc4c3oc3ccccc34)cc2)cc1. The fraction of sp³-hybridized carbons (Fsp3) is 0.172. The zero-order chi connectivity index (χ0) is 39.8. The van der Waals surface area contributed by atoms with Crippen molar-refractivity contribution in [2.45, 2.75) is 37.5 Å². The fourth-order valence-electron chi connectivity index (χ4n) is 13.2. The van der Waals surface area contributed by atoms with Gasteiger partial charge in [-0.25, -0.2) is 0 Å². The van der Waals surface area contributed by atoms with E-state index in [9.17, 15) is 0 Å². The predicted molar refractivity (Wildman–Crippen MR) is 250 cm³/mol. The molecule has 5 aliphatic rings. The van der Waals surface area contributed by atoms with E-state index in [4.69, 9.17) is 8.83 Å².